The van der Waals surface area contributed by atoms with Crippen LogP contribution in [0.25, 0.3) is 10.9 Å². The lowest BCUT2D eigenvalue weighted by Crippen LogP contribution is -2.18. The van der Waals surface area contributed by atoms with Crippen LogP contribution in [0.15, 0.2) is 23.0 Å². The molecule has 3 nitrogen and oxygen atoms in total. The Labute approximate surface area is 106 Å². The number of hydrogen-bond acceptors (Lipinski definition) is 2. The molecule has 2 N–H and O–H groups in total. The van der Waals surface area contributed by atoms with E-state index in [0.29, 0.717) is 5.92 Å². The lowest BCUT2D eigenvalue weighted by atomic mass is 9.96. The number of H-pyrrole nitrogens is 1. The first-order valence-corrected chi connectivity index (χ1v) is 6.50. The minimum Gasteiger partial charge on any atom is -0.321 e. The second-order valence-electron chi connectivity index (χ2n) is 5.23. The fourth-order valence-electron chi connectivity index (χ4n) is 2.81. The summed E-state index contributed by atoms with van der Waals surface area (Å²) in [5.74, 6) is 0.359. The van der Waals surface area contributed by atoms with Crippen LogP contribution < -0.4 is 10.9 Å². The van der Waals surface area contributed by atoms with E-state index in [1.54, 1.807) is 0 Å². The first kappa shape index (κ1) is 11.5. The average molecular weight is 242 g/mol. The first-order chi connectivity index (χ1) is 8.66. The van der Waals surface area contributed by atoms with Gasteiger partial charge in [0.15, 0.2) is 0 Å². The maximum absolute atomic E-state index is 12.2. The summed E-state index contributed by atoms with van der Waals surface area (Å²) in [6.07, 6.45) is 1.06. The van der Waals surface area contributed by atoms with Crippen molar-refractivity contribution in [3.8, 4) is 0 Å². The molecule has 2 aromatic rings. The largest absolute Gasteiger partial charge is 0.321 e. The molecule has 1 aliphatic heterocycles. The fourth-order valence-corrected chi connectivity index (χ4v) is 2.81. The third-order valence-corrected chi connectivity index (χ3v) is 3.97. The third-order valence-electron chi connectivity index (χ3n) is 3.97. The molecule has 0 aliphatic carbocycles. The molecule has 94 valence electrons. The fraction of sp³-hybridized carbons (Fsp3) is 0.400. The van der Waals surface area contributed by atoms with E-state index >= 15 is 0 Å². The Balaban J connectivity index is 2.26. The highest BCUT2D eigenvalue weighted by molar-refractivity contribution is 5.85. The van der Waals surface area contributed by atoms with Crippen molar-refractivity contribution in [3.05, 3.63) is 45.2 Å². The van der Waals surface area contributed by atoms with Gasteiger partial charge in [-0.2, -0.15) is 0 Å². The maximum Gasteiger partial charge on any atom is 0.251 e. The van der Waals surface area contributed by atoms with Gasteiger partial charge in [0.05, 0.1) is 5.52 Å². The highest BCUT2D eigenvalue weighted by Gasteiger charge is 2.20. The molecule has 3 heteroatoms. The average Bonchev–Trinajstić information content (AvgIpc) is 2.87. The molecule has 3 rings (SSSR count). The van der Waals surface area contributed by atoms with Gasteiger partial charge < -0.3 is 10.3 Å². The Morgan fingerprint density at radius 1 is 1.22 bits per heavy atom. The molecule has 2 heterocycles. The number of rotatable bonds is 1. The van der Waals surface area contributed by atoms with Crippen molar-refractivity contribution in [2.45, 2.75) is 26.2 Å². The van der Waals surface area contributed by atoms with Crippen LogP contribution in [-0.4, -0.2) is 18.1 Å². The monoisotopic (exact) mass is 242 g/mol. The number of hydrogen-bond donors (Lipinski definition) is 2. The molecule has 1 aromatic heterocycles. The Kier molecular flexibility index (Phi) is 2.71. The Morgan fingerprint density at radius 3 is 2.72 bits per heavy atom. The van der Waals surface area contributed by atoms with Crippen LogP contribution in [0, 0.1) is 13.8 Å². The minimum absolute atomic E-state index is 0.0740. The number of aromatic amines is 1. The summed E-state index contributed by atoms with van der Waals surface area (Å²) in [5.41, 5.74) is 4.34. The SMILES string of the molecule is Cc1ccc(C)c2[nH]c(=O)c(C3CCNC3)cc12. The van der Waals surface area contributed by atoms with Crippen LogP contribution >= 0.6 is 0 Å². The second kappa shape index (κ2) is 4.25. The van der Waals surface area contributed by atoms with Gasteiger partial charge in [-0.1, -0.05) is 12.1 Å². The zero-order chi connectivity index (χ0) is 12.7. The standard InChI is InChI=1S/C15H18N2O/c1-9-3-4-10(2)14-12(9)7-13(15(18)17-14)11-5-6-16-8-11/h3-4,7,11,16H,5-6,8H2,1-2H3,(H,17,18). The van der Waals surface area contributed by atoms with Crippen molar-refractivity contribution >= 4 is 10.9 Å². The lowest BCUT2D eigenvalue weighted by Gasteiger charge is -2.11. The van der Waals surface area contributed by atoms with E-state index in [1.807, 2.05) is 6.92 Å². The Hall–Kier alpha value is -1.61. The van der Waals surface area contributed by atoms with Gasteiger partial charge in [0, 0.05) is 23.4 Å². The predicted molar refractivity (Wildman–Crippen MR) is 74.3 cm³/mol. The first-order valence-electron chi connectivity index (χ1n) is 6.50. The molecule has 0 radical (unpaired) electrons. The van der Waals surface area contributed by atoms with Crippen molar-refractivity contribution in [1.29, 1.82) is 0 Å². The van der Waals surface area contributed by atoms with Crippen molar-refractivity contribution in [2.75, 3.05) is 13.1 Å². The molecular formula is C15H18N2O. The smallest absolute Gasteiger partial charge is 0.251 e. The number of aromatic nitrogens is 1. The number of benzene rings is 1. The molecule has 1 fully saturated rings. The van der Waals surface area contributed by atoms with Gasteiger partial charge in [0.2, 0.25) is 0 Å². The lowest BCUT2D eigenvalue weighted by molar-refractivity contribution is 0.753. The van der Waals surface area contributed by atoms with Crippen molar-refractivity contribution in [1.82, 2.24) is 10.3 Å². The van der Waals surface area contributed by atoms with Gasteiger partial charge in [-0.15, -0.1) is 0 Å². The van der Waals surface area contributed by atoms with Crippen LogP contribution in [0.2, 0.25) is 0 Å². The number of aryl methyl sites for hydroxylation is 2. The number of nitrogens with one attached hydrogen (secondary N) is 2. The summed E-state index contributed by atoms with van der Waals surface area (Å²) < 4.78 is 0. The van der Waals surface area contributed by atoms with Gasteiger partial charge in [0.25, 0.3) is 5.56 Å². The van der Waals surface area contributed by atoms with Gasteiger partial charge in [0.1, 0.15) is 0 Å². The maximum atomic E-state index is 12.2. The quantitative estimate of drug-likeness (QED) is 0.805. The van der Waals surface area contributed by atoms with Crippen molar-refractivity contribution in [3.63, 3.8) is 0 Å². The van der Waals surface area contributed by atoms with Crippen LogP contribution in [0.5, 0.6) is 0 Å². The molecule has 1 saturated heterocycles. The van der Waals surface area contributed by atoms with Gasteiger partial charge >= 0.3 is 0 Å². The molecule has 0 saturated carbocycles. The Morgan fingerprint density at radius 2 is 2.00 bits per heavy atom. The number of fused-ring (bicyclic) bond motifs is 1. The van der Waals surface area contributed by atoms with Gasteiger partial charge in [-0.25, -0.2) is 0 Å². The molecule has 1 aliphatic rings. The van der Waals surface area contributed by atoms with E-state index in [-0.39, 0.29) is 5.56 Å². The summed E-state index contributed by atoms with van der Waals surface area (Å²) >= 11 is 0. The highest BCUT2D eigenvalue weighted by atomic mass is 16.1. The highest BCUT2D eigenvalue weighted by Crippen LogP contribution is 2.25. The molecule has 1 unspecified atom stereocenters. The van der Waals surface area contributed by atoms with Crippen LogP contribution in [0.3, 0.4) is 0 Å². The predicted octanol–water partition coefficient (Wildman–Crippen LogP) is 2.22. The molecule has 18 heavy (non-hydrogen) atoms. The molecular weight excluding hydrogens is 224 g/mol. The van der Waals surface area contributed by atoms with Gasteiger partial charge in [-0.05, 0) is 44.0 Å². The van der Waals surface area contributed by atoms with Crippen LogP contribution in [0.1, 0.15) is 29.0 Å². The second-order valence-corrected chi connectivity index (χ2v) is 5.23. The summed E-state index contributed by atoms with van der Waals surface area (Å²) in [7, 11) is 0. The van der Waals surface area contributed by atoms with Crippen molar-refractivity contribution < 1.29 is 0 Å². The van der Waals surface area contributed by atoms with E-state index in [1.165, 1.54) is 10.9 Å². The van der Waals surface area contributed by atoms with E-state index < -0.39 is 0 Å². The van der Waals surface area contributed by atoms with E-state index in [2.05, 4.69) is 35.4 Å². The molecule has 0 amide bonds. The summed E-state index contributed by atoms with van der Waals surface area (Å²) in [4.78, 5) is 15.3. The van der Waals surface area contributed by atoms with Crippen LogP contribution in [-0.2, 0) is 0 Å². The molecule has 0 bridgehead atoms. The molecule has 1 atom stereocenters. The molecule has 1 aromatic carbocycles. The zero-order valence-corrected chi connectivity index (χ0v) is 10.8. The van der Waals surface area contributed by atoms with E-state index in [9.17, 15) is 4.79 Å². The summed E-state index contributed by atoms with van der Waals surface area (Å²) in [5, 5.41) is 4.50. The van der Waals surface area contributed by atoms with Gasteiger partial charge in [-0.3, -0.25) is 4.79 Å². The third kappa shape index (κ3) is 1.75. The number of pyridine rings is 1. The van der Waals surface area contributed by atoms with E-state index in [4.69, 9.17) is 0 Å². The summed E-state index contributed by atoms with van der Waals surface area (Å²) in [6.45, 7) is 6.06. The molecule has 0 spiro atoms. The topological polar surface area (TPSA) is 44.9 Å². The summed E-state index contributed by atoms with van der Waals surface area (Å²) in [6, 6.07) is 6.27. The normalized spacial score (nSPS) is 19.6. The van der Waals surface area contributed by atoms with Crippen molar-refractivity contribution in [2.24, 2.45) is 0 Å². The van der Waals surface area contributed by atoms with E-state index in [0.717, 1.165) is 36.2 Å². The minimum atomic E-state index is 0.0740. The Bertz CT molecular complexity index is 651. The zero-order valence-electron chi connectivity index (χ0n) is 10.8. The van der Waals surface area contributed by atoms with Crippen LogP contribution in [0.4, 0.5) is 0 Å².